The third-order valence-electron chi connectivity index (χ3n) is 8.07. The molecule has 0 spiro atoms. The van der Waals surface area contributed by atoms with E-state index >= 15 is 0 Å². The molecule has 0 unspecified atom stereocenters. The average Bonchev–Trinajstić information content (AvgIpc) is 2.99. The smallest absolute Gasteiger partial charge is 0.251 e. The van der Waals surface area contributed by atoms with Crippen LogP contribution in [0.3, 0.4) is 0 Å². The summed E-state index contributed by atoms with van der Waals surface area (Å²) in [5.41, 5.74) is 4.09. The summed E-state index contributed by atoms with van der Waals surface area (Å²) in [5, 5.41) is 3.05. The van der Waals surface area contributed by atoms with Gasteiger partial charge >= 0.3 is 0 Å². The number of sulfonamides is 1. The molecule has 5 rings (SSSR count). The van der Waals surface area contributed by atoms with Crippen molar-refractivity contribution in [2.75, 3.05) is 39.3 Å². The third-order valence-corrected chi connectivity index (χ3v) is 9.98. The molecule has 40 heavy (non-hydrogen) atoms. The lowest BCUT2D eigenvalue weighted by molar-refractivity contribution is 0.0950. The lowest BCUT2D eigenvalue weighted by Gasteiger charge is -2.34. The molecule has 0 atom stereocenters. The van der Waals surface area contributed by atoms with E-state index in [2.05, 4.69) is 46.3 Å². The number of carbonyl (C=O) groups excluding carboxylic acids is 1. The minimum Gasteiger partial charge on any atom is -0.348 e. The number of nitrogens with zero attached hydrogens (tertiary/aromatic N) is 3. The monoisotopic (exact) mass is 560 g/mol. The minimum absolute atomic E-state index is 0.0906. The van der Waals surface area contributed by atoms with Gasteiger partial charge in [-0.15, -0.1) is 0 Å². The Balaban J connectivity index is 1.09. The van der Waals surface area contributed by atoms with Gasteiger partial charge in [0.15, 0.2) is 0 Å². The van der Waals surface area contributed by atoms with Crippen LogP contribution < -0.4 is 5.32 Å². The average molecular weight is 561 g/mol. The fourth-order valence-electron chi connectivity index (χ4n) is 5.46. The number of rotatable bonds is 9. The highest BCUT2D eigenvalue weighted by Gasteiger charge is 2.28. The molecule has 0 saturated carbocycles. The van der Waals surface area contributed by atoms with Crippen LogP contribution in [0.1, 0.15) is 46.8 Å². The highest BCUT2D eigenvalue weighted by atomic mass is 32.2. The SMILES string of the molecule is CC1CCN(Cc2ccc(CNC(=O)c3cccc(CN4CCN(S(=O)(=O)c5ccccc5)CC4)c3)cc2)CC1. The van der Waals surface area contributed by atoms with E-state index < -0.39 is 10.0 Å². The molecule has 0 aromatic heterocycles. The fourth-order valence-corrected chi connectivity index (χ4v) is 6.91. The molecular formula is C32H40N4O3S. The number of hydrogen-bond donors (Lipinski definition) is 1. The van der Waals surface area contributed by atoms with Crippen molar-refractivity contribution in [3.8, 4) is 0 Å². The number of nitrogens with one attached hydrogen (secondary N) is 1. The van der Waals surface area contributed by atoms with Crippen LogP contribution >= 0.6 is 0 Å². The largest absolute Gasteiger partial charge is 0.348 e. The van der Waals surface area contributed by atoms with Gasteiger partial charge in [0.2, 0.25) is 10.0 Å². The second kappa shape index (κ2) is 13.1. The van der Waals surface area contributed by atoms with Crippen LogP contribution in [0.5, 0.6) is 0 Å². The van der Waals surface area contributed by atoms with Gasteiger partial charge in [0.1, 0.15) is 0 Å². The number of piperazine rings is 1. The summed E-state index contributed by atoms with van der Waals surface area (Å²) in [7, 11) is -3.47. The lowest BCUT2D eigenvalue weighted by atomic mass is 9.99. The Morgan fingerprint density at radius 1 is 0.750 bits per heavy atom. The van der Waals surface area contributed by atoms with Crippen LogP contribution in [0.2, 0.25) is 0 Å². The topological polar surface area (TPSA) is 73.0 Å². The first-order chi connectivity index (χ1) is 19.4. The summed E-state index contributed by atoms with van der Waals surface area (Å²) in [4.78, 5) is 18.0. The predicted octanol–water partition coefficient (Wildman–Crippen LogP) is 4.36. The van der Waals surface area contributed by atoms with Gasteiger partial charge in [-0.3, -0.25) is 14.6 Å². The van der Waals surface area contributed by atoms with E-state index in [1.807, 2.05) is 30.3 Å². The van der Waals surface area contributed by atoms with Crippen LogP contribution in [0.15, 0.2) is 83.8 Å². The Morgan fingerprint density at radius 2 is 1.38 bits per heavy atom. The van der Waals surface area contributed by atoms with Crippen molar-refractivity contribution >= 4 is 15.9 Å². The quantitative estimate of drug-likeness (QED) is 0.421. The molecule has 0 bridgehead atoms. The maximum atomic E-state index is 12.9. The molecule has 212 valence electrons. The van der Waals surface area contributed by atoms with Gasteiger partial charge in [0, 0.05) is 51.4 Å². The van der Waals surface area contributed by atoms with E-state index in [1.165, 1.54) is 31.5 Å². The van der Waals surface area contributed by atoms with Gasteiger partial charge < -0.3 is 5.32 Å². The Morgan fingerprint density at radius 3 is 2.08 bits per heavy atom. The maximum absolute atomic E-state index is 12.9. The van der Waals surface area contributed by atoms with Crippen molar-refractivity contribution in [3.05, 3.63) is 101 Å². The van der Waals surface area contributed by atoms with E-state index in [1.54, 1.807) is 28.6 Å². The van der Waals surface area contributed by atoms with Crippen LogP contribution in [-0.4, -0.2) is 67.7 Å². The van der Waals surface area contributed by atoms with Crippen LogP contribution in [0.4, 0.5) is 0 Å². The standard InChI is InChI=1S/C32H40N4O3S/c1-26-14-16-34(17-15-26)24-28-12-10-27(11-13-28)23-33-32(37)30-7-5-6-29(22-30)25-35-18-20-36(21-19-35)40(38,39)31-8-3-2-4-9-31/h2-13,22,26H,14-21,23-25H2,1H3,(H,33,37). The minimum atomic E-state index is -3.47. The molecule has 2 saturated heterocycles. The molecule has 1 amide bonds. The number of piperidine rings is 1. The Labute approximate surface area is 238 Å². The van der Waals surface area contributed by atoms with E-state index in [-0.39, 0.29) is 5.91 Å². The first-order valence-corrected chi connectivity index (χ1v) is 15.8. The molecule has 2 heterocycles. The summed E-state index contributed by atoms with van der Waals surface area (Å²) >= 11 is 0. The molecule has 1 N–H and O–H groups in total. The number of likely N-dealkylation sites (tertiary alicyclic amines) is 1. The molecular weight excluding hydrogens is 520 g/mol. The molecule has 0 radical (unpaired) electrons. The zero-order valence-electron chi connectivity index (χ0n) is 23.3. The van der Waals surface area contributed by atoms with Crippen molar-refractivity contribution in [2.24, 2.45) is 5.92 Å². The maximum Gasteiger partial charge on any atom is 0.251 e. The van der Waals surface area contributed by atoms with E-state index in [4.69, 9.17) is 0 Å². The van der Waals surface area contributed by atoms with Crippen molar-refractivity contribution in [2.45, 2.75) is 44.3 Å². The first-order valence-electron chi connectivity index (χ1n) is 14.3. The van der Waals surface area contributed by atoms with Crippen LogP contribution in [0.25, 0.3) is 0 Å². The van der Waals surface area contributed by atoms with E-state index in [9.17, 15) is 13.2 Å². The van der Waals surface area contributed by atoms with Crippen molar-refractivity contribution < 1.29 is 13.2 Å². The highest BCUT2D eigenvalue weighted by molar-refractivity contribution is 7.89. The Bertz CT molecular complexity index is 1360. The molecule has 8 heteroatoms. The number of carbonyl (C=O) groups is 1. The second-order valence-corrected chi connectivity index (χ2v) is 13.1. The molecule has 3 aromatic carbocycles. The van der Waals surface area contributed by atoms with E-state index in [0.717, 1.165) is 23.6 Å². The fraction of sp³-hybridized carbons (Fsp3) is 0.406. The van der Waals surface area contributed by atoms with Crippen molar-refractivity contribution in [1.82, 2.24) is 19.4 Å². The van der Waals surface area contributed by atoms with Gasteiger partial charge in [-0.05, 0) is 72.8 Å². The Kier molecular flexibility index (Phi) is 9.32. The number of benzene rings is 3. The van der Waals surface area contributed by atoms with Crippen LogP contribution in [0, 0.1) is 5.92 Å². The highest BCUT2D eigenvalue weighted by Crippen LogP contribution is 2.20. The second-order valence-electron chi connectivity index (χ2n) is 11.2. The van der Waals surface area contributed by atoms with E-state index in [0.29, 0.717) is 49.7 Å². The summed E-state index contributed by atoms with van der Waals surface area (Å²) in [6.45, 7) is 9.03. The summed E-state index contributed by atoms with van der Waals surface area (Å²) < 4.78 is 27.4. The molecule has 2 fully saturated rings. The van der Waals surface area contributed by atoms with Gasteiger partial charge in [-0.1, -0.05) is 61.5 Å². The first kappa shape index (κ1) is 28.5. The lowest BCUT2D eigenvalue weighted by Crippen LogP contribution is -2.48. The summed E-state index contributed by atoms with van der Waals surface area (Å²) in [5.74, 6) is 0.747. The predicted molar refractivity (Wildman–Crippen MR) is 158 cm³/mol. The normalized spacial score (nSPS) is 18.0. The van der Waals surface area contributed by atoms with Crippen molar-refractivity contribution in [1.29, 1.82) is 0 Å². The summed E-state index contributed by atoms with van der Waals surface area (Å²) in [6, 6.07) is 24.9. The van der Waals surface area contributed by atoms with Crippen LogP contribution in [-0.2, 0) is 29.7 Å². The van der Waals surface area contributed by atoms with Gasteiger partial charge in [-0.25, -0.2) is 8.42 Å². The number of amides is 1. The molecule has 7 nitrogen and oxygen atoms in total. The molecule has 0 aliphatic carbocycles. The molecule has 2 aliphatic heterocycles. The summed E-state index contributed by atoms with van der Waals surface area (Å²) in [6.07, 6.45) is 2.56. The van der Waals surface area contributed by atoms with Gasteiger partial charge in [0.25, 0.3) is 5.91 Å². The molecule has 3 aromatic rings. The number of hydrogen-bond acceptors (Lipinski definition) is 5. The third kappa shape index (κ3) is 7.37. The Hall–Kier alpha value is -3.04. The zero-order chi connectivity index (χ0) is 28.0. The molecule has 2 aliphatic rings. The van der Waals surface area contributed by atoms with Crippen molar-refractivity contribution in [3.63, 3.8) is 0 Å². The van der Waals surface area contributed by atoms with Gasteiger partial charge in [-0.2, -0.15) is 4.31 Å². The van der Waals surface area contributed by atoms with Gasteiger partial charge in [0.05, 0.1) is 4.90 Å². The zero-order valence-corrected chi connectivity index (χ0v) is 24.2.